The van der Waals surface area contributed by atoms with Gasteiger partial charge >= 0.3 is 0 Å². The third kappa shape index (κ3) is 4.31. The summed E-state index contributed by atoms with van der Waals surface area (Å²) in [5, 5.41) is 1.84. The quantitative estimate of drug-likeness (QED) is 0.346. The normalized spacial score (nSPS) is 16.4. The first-order valence-electron chi connectivity index (χ1n) is 7.70. The van der Waals surface area contributed by atoms with E-state index in [2.05, 4.69) is 31.7 Å². The summed E-state index contributed by atoms with van der Waals surface area (Å²) in [6.07, 6.45) is 4.40. The third-order valence-electron chi connectivity index (χ3n) is 3.85. The molecule has 1 aromatic carbocycles. The molecule has 5 heteroatoms. The molecule has 1 aliphatic rings. The molecule has 0 unspecified atom stereocenters. The summed E-state index contributed by atoms with van der Waals surface area (Å²) in [4.78, 5) is 4.43. The minimum atomic E-state index is 0.661. The number of unbranched alkanes of at least 4 members (excludes halogenated alkanes) is 1. The van der Waals surface area contributed by atoms with Gasteiger partial charge < -0.3 is 9.64 Å². The van der Waals surface area contributed by atoms with Crippen molar-refractivity contribution in [1.29, 1.82) is 0 Å². The van der Waals surface area contributed by atoms with Crippen LogP contribution < -0.4 is 4.74 Å². The molecule has 0 N–H and O–H groups in total. The van der Waals surface area contributed by atoms with Gasteiger partial charge in [-0.2, -0.15) is 0 Å². The number of nitrogens with zero attached hydrogens (tertiary/aromatic N) is 1. The predicted molar refractivity (Wildman–Crippen MR) is 105 cm³/mol. The lowest BCUT2D eigenvalue weighted by Crippen LogP contribution is -2.18. The van der Waals surface area contributed by atoms with E-state index in [0.717, 1.165) is 29.1 Å². The number of halogens is 1. The van der Waals surface area contributed by atoms with Gasteiger partial charge in [-0.1, -0.05) is 48.9 Å². The lowest BCUT2D eigenvalue weighted by Gasteiger charge is -2.21. The number of benzene rings is 1. The van der Waals surface area contributed by atoms with Gasteiger partial charge in [-0.05, 0) is 44.5 Å². The molecule has 23 heavy (non-hydrogen) atoms. The molecule has 0 radical (unpaired) electrons. The molecule has 0 saturated carbocycles. The molecule has 1 aromatic rings. The van der Waals surface area contributed by atoms with Crippen LogP contribution in [0.2, 0.25) is 5.02 Å². The molecular formula is C18H22ClNOS2. The van der Waals surface area contributed by atoms with Gasteiger partial charge in [-0.3, -0.25) is 0 Å². The van der Waals surface area contributed by atoms with Crippen molar-refractivity contribution in [3.8, 4) is 5.75 Å². The van der Waals surface area contributed by atoms with Gasteiger partial charge in [0.25, 0.3) is 0 Å². The summed E-state index contributed by atoms with van der Waals surface area (Å²) in [6, 6.07) is 5.53. The first kappa shape index (κ1) is 18.4. The standard InChI is InChI=1S/C18H22ClNOS2/c1-5-6-9-20-12(2)13(3)23-18(20)11-17(22)15-10-14(19)7-8-16(15)21-4/h7-8,10-11H,5-6,9H2,1-4H3/b18-11-. The zero-order chi connectivity index (χ0) is 17.0. The van der Waals surface area contributed by atoms with Gasteiger partial charge in [0.05, 0.1) is 17.0 Å². The zero-order valence-electron chi connectivity index (χ0n) is 14.0. The highest BCUT2D eigenvalue weighted by molar-refractivity contribution is 8.07. The van der Waals surface area contributed by atoms with Crippen LogP contribution in [-0.4, -0.2) is 23.4 Å². The molecule has 0 bridgehead atoms. The van der Waals surface area contributed by atoms with Crippen LogP contribution in [0.4, 0.5) is 0 Å². The Hall–Kier alpha value is -0.970. The largest absolute Gasteiger partial charge is 0.496 e. The predicted octanol–water partition coefficient (Wildman–Crippen LogP) is 6.01. The average Bonchev–Trinajstić information content (AvgIpc) is 2.79. The summed E-state index contributed by atoms with van der Waals surface area (Å²) in [5.74, 6) is 0.751. The van der Waals surface area contributed by atoms with Crippen LogP contribution in [0.25, 0.3) is 0 Å². The van der Waals surface area contributed by atoms with Gasteiger partial charge in [-0.25, -0.2) is 0 Å². The van der Waals surface area contributed by atoms with E-state index in [9.17, 15) is 0 Å². The fourth-order valence-electron chi connectivity index (χ4n) is 2.41. The number of hydrogen-bond donors (Lipinski definition) is 0. The number of rotatable bonds is 6. The second kappa shape index (κ2) is 8.22. The maximum absolute atomic E-state index is 6.12. The zero-order valence-corrected chi connectivity index (χ0v) is 16.4. The summed E-state index contributed by atoms with van der Waals surface area (Å²) in [6.45, 7) is 7.55. The number of allylic oxidation sites excluding steroid dienone is 3. The van der Waals surface area contributed by atoms with Gasteiger partial charge in [0.15, 0.2) is 0 Å². The number of hydrogen-bond acceptors (Lipinski definition) is 4. The van der Waals surface area contributed by atoms with Crippen LogP contribution in [0.1, 0.15) is 39.2 Å². The Labute approximate surface area is 153 Å². The molecule has 2 nitrogen and oxygen atoms in total. The fourth-order valence-corrected chi connectivity index (χ4v) is 4.01. The van der Waals surface area contributed by atoms with E-state index in [-0.39, 0.29) is 0 Å². The number of thiocarbonyl (C=S) groups is 1. The molecule has 0 spiro atoms. The van der Waals surface area contributed by atoms with E-state index in [1.54, 1.807) is 18.9 Å². The maximum Gasteiger partial charge on any atom is 0.127 e. The van der Waals surface area contributed by atoms with Crippen molar-refractivity contribution in [2.75, 3.05) is 13.7 Å². The van der Waals surface area contributed by atoms with Gasteiger partial charge in [0, 0.05) is 27.7 Å². The van der Waals surface area contributed by atoms with E-state index >= 15 is 0 Å². The highest BCUT2D eigenvalue weighted by Gasteiger charge is 2.23. The lowest BCUT2D eigenvalue weighted by atomic mass is 10.1. The Bertz CT molecular complexity index is 667. The van der Waals surface area contributed by atoms with Gasteiger partial charge in [0.1, 0.15) is 5.75 Å². The molecule has 0 aromatic heterocycles. The van der Waals surface area contributed by atoms with E-state index in [1.807, 2.05) is 18.2 Å². The molecule has 0 saturated heterocycles. The molecule has 0 fully saturated rings. The monoisotopic (exact) mass is 367 g/mol. The van der Waals surface area contributed by atoms with Crippen molar-refractivity contribution >= 4 is 40.4 Å². The fraction of sp³-hybridized carbons (Fsp3) is 0.389. The summed E-state index contributed by atoms with van der Waals surface area (Å²) in [7, 11) is 1.65. The highest BCUT2D eigenvalue weighted by Crippen LogP contribution is 2.41. The molecule has 2 rings (SSSR count). The van der Waals surface area contributed by atoms with E-state index in [0.29, 0.717) is 5.02 Å². The number of methoxy groups -OCH3 is 1. The van der Waals surface area contributed by atoms with Crippen LogP contribution in [0.3, 0.4) is 0 Å². The van der Waals surface area contributed by atoms with Crippen molar-refractivity contribution in [2.24, 2.45) is 0 Å². The molecule has 124 valence electrons. The van der Waals surface area contributed by atoms with Crippen molar-refractivity contribution in [3.63, 3.8) is 0 Å². The van der Waals surface area contributed by atoms with Gasteiger partial charge in [0.2, 0.25) is 0 Å². The van der Waals surface area contributed by atoms with Crippen molar-refractivity contribution in [2.45, 2.75) is 33.6 Å². The summed E-state index contributed by atoms with van der Waals surface area (Å²) < 4.78 is 5.41. The molecule has 0 amide bonds. The molecule has 1 heterocycles. The number of thioether (sulfide) groups is 1. The SMILES string of the molecule is CCCCN1C(C)=C(C)S/C1=C\C(=S)c1cc(Cl)ccc1OC. The summed E-state index contributed by atoms with van der Waals surface area (Å²) in [5.41, 5.74) is 2.18. The Kier molecular flexibility index (Phi) is 6.57. The Morgan fingerprint density at radius 1 is 1.39 bits per heavy atom. The van der Waals surface area contributed by atoms with Crippen LogP contribution in [-0.2, 0) is 0 Å². The highest BCUT2D eigenvalue weighted by atomic mass is 35.5. The Balaban J connectivity index is 2.30. The van der Waals surface area contributed by atoms with Crippen molar-refractivity contribution in [3.05, 3.63) is 50.5 Å². The average molecular weight is 368 g/mol. The van der Waals surface area contributed by atoms with Crippen LogP contribution >= 0.6 is 35.6 Å². The van der Waals surface area contributed by atoms with Crippen molar-refractivity contribution in [1.82, 2.24) is 4.90 Å². The lowest BCUT2D eigenvalue weighted by molar-refractivity contribution is 0.414. The molecular weight excluding hydrogens is 346 g/mol. The van der Waals surface area contributed by atoms with E-state index in [4.69, 9.17) is 28.6 Å². The number of ether oxygens (including phenoxy) is 1. The minimum absolute atomic E-state index is 0.661. The molecule has 0 atom stereocenters. The van der Waals surface area contributed by atoms with Crippen LogP contribution in [0.5, 0.6) is 5.75 Å². The second-order valence-electron chi connectivity index (χ2n) is 5.44. The molecule has 0 aliphatic carbocycles. The summed E-state index contributed by atoms with van der Waals surface area (Å²) >= 11 is 13.5. The van der Waals surface area contributed by atoms with Crippen LogP contribution in [0.15, 0.2) is 39.9 Å². The first-order chi connectivity index (χ1) is 11.0. The maximum atomic E-state index is 6.12. The van der Waals surface area contributed by atoms with Crippen LogP contribution in [0, 0.1) is 0 Å². The third-order valence-corrected chi connectivity index (χ3v) is 5.58. The second-order valence-corrected chi connectivity index (χ2v) is 7.55. The minimum Gasteiger partial charge on any atom is -0.496 e. The topological polar surface area (TPSA) is 12.5 Å². The first-order valence-corrected chi connectivity index (χ1v) is 9.30. The molecule has 1 aliphatic heterocycles. The smallest absolute Gasteiger partial charge is 0.127 e. The van der Waals surface area contributed by atoms with E-state index < -0.39 is 0 Å². The van der Waals surface area contributed by atoms with E-state index in [1.165, 1.54) is 22.1 Å². The van der Waals surface area contributed by atoms with Crippen molar-refractivity contribution < 1.29 is 4.74 Å². The Morgan fingerprint density at radius 2 is 2.13 bits per heavy atom. The Morgan fingerprint density at radius 3 is 2.78 bits per heavy atom. The van der Waals surface area contributed by atoms with Gasteiger partial charge in [-0.15, -0.1) is 0 Å².